The van der Waals surface area contributed by atoms with Crippen LogP contribution in [0.2, 0.25) is 0 Å². The lowest BCUT2D eigenvalue weighted by Crippen LogP contribution is -2.48. The number of carbonyl (C=O) groups is 1. The number of amides is 1. The van der Waals surface area contributed by atoms with Crippen LogP contribution in [0.15, 0.2) is 24.3 Å². The van der Waals surface area contributed by atoms with E-state index in [1.165, 1.54) is 11.9 Å². The number of para-hydroxylation sites is 1. The largest absolute Gasteiger partial charge is 0.374 e. The molecule has 1 rings (SSSR count). The van der Waals surface area contributed by atoms with Gasteiger partial charge in [-0.3, -0.25) is 10.2 Å². The Morgan fingerprint density at radius 1 is 1.47 bits per heavy atom. The minimum Gasteiger partial charge on any atom is -0.374 e. The van der Waals surface area contributed by atoms with E-state index in [-0.39, 0.29) is 11.0 Å². The summed E-state index contributed by atoms with van der Waals surface area (Å²) in [4.78, 5) is 11.0. The summed E-state index contributed by atoms with van der Waals surface area (Å²) in [6.07, 6.45) is 0. The Labute approximate surface area is 94.0 Å². The van der Waals surface area contributed by atoms with E-state index >= 15 is 0 Å². The maximum Gasteiger partial charge on any atom is 0.235 e. The molecule has 0 aliphatic heterocycles. The Morgan fingerprint density at radius 2 is 2.07 bits per heavy atom. The summed E-state index contributed by atoms with van der Waals surface area (Å²) in [6, 6.07) is 7.52. The van der Waals surface area contributed by atoms with Gasteiger partial charge in [0.1, 0.15) is 0 Å². The van der Waals surface area contributed by atoms with Crippen LogP contribution in [0.3, 0.4) is 0 Å². The number of benzene rings is 1. The average Bonchev–Trinajstić information content (AvgIpc) is 2.15. The Morgan fingerprint density at radius 3 is 2.53 bits per heavy atom. The number of aryl methyl sites for hydroxylation is 1. The number of nitrogens with one attached hydrogen (secondary N) is 1. The van der Waals surface area contributed by atoms with Crippen molar-refractivity contribution in [2.24, 2.45) is 5.73 Å². The first-order valence-corrected chi connectivity index (χ1v) is 4.85. The fourth-order valence-electron chi connectivity index (χ4n) is 1.21. The maximum atomic E-state index is 11.0. The van der Waals surface area contributed by atoms with Crippen LogP contribution in [0, 0.1) is 6.92 Å². The third kappa shape index (κ3) is 2.92. The van der Waals surface area contributed by atoms with Crippen molar-refractivity contribution in [3.8, 4) is 0 Å². The molecule has 3 N–H and O–H groups in total. The summed E-state index contributed by atoms with van der Waals surface area (Å²) < 4.78 is 0. The molecular formula is C10H13N3OS. The first-order chi connectivity index (χ1) is 7.02. The van der Waals surface area contributed by atoms with Crippen molar-refractivity contribution in [2.75, 3.05) is 5.01 Å². The third-order valence-corrected chi connectivity index (χ3v) is 2.03. The molecule has 0 fully saturated rings. The topological polar surface area (TPSA) is 58.4 Å². The fourth-order valence-corrected chi connectivity index (χ4v) is 1.35. The zero-order valence-corrected chi connectivity index (χ0v) is 9.47. The van der Waals surface area contributed by atoms with Gasteiger partial charge in [-0.05, 0) is 30.8 Å². The summed E-state index contributed by atoms with van der Waals surface area (Å²) in [5, 5.41) is 1.51. The van der Waals surface area contributed by atoms with E-state index in [1.807, 2.05) is 31.2 Å². The van der Waals surface area contributed by atoms with Crippen molar-refractivity contribution in [3.05, 3.63) is 29.8 Å². The number of carbonyl (C=O) groups excluding carboxylic acids is 1. The smallest absolute Gasteiger partial charge is 0.235 e. The summed E-state index contributed by atoms with van der Waals surface area (Å²) in [7, 11) is 0. The van der Waals surface area contributed by atoms with Gasteiger partial charge < -0.3 is 5.73 Å². The highest BCUT2D eigenvalue weighted by Gasteiger charge is 2.12. The number of rotatable bonds is 1. The van der Waals surface area contributed by atoms with Gasteiger partial charge in [-0.2, -0.15) is 0 Å². The fraction of sp³-hybridized carbons (Fsp3) is 0.200. The van der Waals surface area contributed by atoms with Gasteiger partial charge in [0.25, 0.3) is 0 Å². The highest BCUT2D eigenvalue weighted by atomic mass is 32.1. The molecule has 0 saturated heterocycles. The molecule has 0 saturated carbocycles. The van der Waals surface area contributed by atoms with E-state index in [0.717, 1.165) is 11.3 Å². The number of hydrazine groups is 1. The molecule has 0 aliphatic carbocycles. The average molecular weight is 223 g/mol. The predicted molar refractivity (Wildman–Crippen MR) is 64.3 cm³/mol. The van der Waals surface area contributed by atoms with Crippen LogP contribution in [-0.2, 0) is 4.79 Å². The van der Waals surface area contributed by atoms with E-state index in [4.69, 9.17) is 18.0 Å². The number of nitrogens with zero attached hydrogens (tertiary/aromatic N) is 1. The first kappa shape index (κ1) is 11.5. The van der Waals surface area contributed by atoms with Crippen molar-refractivity contribution in [3.63, 3.8) is 0 Å². The standard InChI is InChI=1S/C10H13N3OS/c1-7-5-3-4-6-9(7)13(10(11)15)12-8(2)14/h3-6H,1-2H3,(H2,11,15)(H,12,14). The number of nitrogens with two attached hydrogens (primary N) is 1. The molecule has 15 heavy (non-hydrogen) atoms. The summed E-state index contributed by atoms with van der Waals surface area (Å²) in [6.45, 7) is 3.33. The Balaban J connectivity index is 3.04. The third-order valence-electron chi connectivity index (χ3n) is 1.85. The minimum absolute atomic E-state index is 0.111. The lowest BCUT2D eigenvalue weighted by molar-refractivity contribution is -0.118. The summed E-state index contributed by atoms with van der Waals surface area (Å²) >= 11 is 4.87. The van der Waals surface area contributed by atoms with E-state index in [2.05, 4.69) is 5.43 Å². The Kier molecular flexibility index (Phi) is 3.62. The van der Waals surface area contributed by atoms with Crippen molar-refractivity contribution in [2.45, 2.75) is 13.8 Å². The van der Waals surface area contributed by atoms with E-state index < -0.39 is 0 Å². The highest BCUT2D eigenvalue weighted by Crippen LogP contribution is 2.17. The van der Waals surface area contributed by atoms with Crippen molar-refractivity contribution < 1.29 is 4.79 Å². The summed E-state index contributed by atoms with van der Waals surface area (Å²) in [5.74, 6) is -0.217. The zero-order chi connectivity index (χ0) is 11.4. The predicted octanol–water partition coefficient (Wildman–Crippen LogP) is 1.10. The van der Waals surface area contributed by atoms with Gasteiger partial charge in [0.05, 0.1) is 5.69 Å². The molecule has 5 heteroatoms. The molecular weight excluding hydrogens is 210 g/mol. The quantitative estimate of drug-likeness (QED) is 0.553. The minimum atomic E-state index is -0.217. The van der Waals surface area contributed by atoms with Crippen LogP contribution >= 0.6 is 12.2 Å². The van der Waals surface area contributed by atoms with Crippen molar-refractivity contribution in [1.82, 2.24) is 5.43 Å². The first-order valence-electron chi connectivity index (χ1n) is 4.45. The van der Waals surface area contributed by atoms with Gasteiger partial charge in [-0.15, -0.1) is 0 Å². The maximum absolute atomic E-state index is 11.0. The SMILES string of the molecule is CC(=O)NN(C(N)=S)c1ccccc1C. The zero-order valence-electron chi connectivity index (χ0n) is 8.65. The van der Waals surface area contributed by atoms with Crippen molar-refractivity contribution in [1.29, 1.82) is 0 Å². The van der Waals surface area contributed by atoms with E-state index in [9.17, 15) is 4.79 Å². The lowest BCUT2D eigenvalue weighted by Gasteiger charge is -2.24. The van der Waals surface area contributed by atoms with Gasteiger partial charge in [0.2, 0.25) is 5.91 Å². The van der Waals surface area contributed by atoms with Crippen LogP contribution in [-0.4, -0.2) is 11.0 Å². The lowest BCUT2D eigenvalue weighted by atomic mass is 10.2. The molecule has 0 spiro atoms. The molecule has 0 bridgehead atoms. The molecule has 0 aromatic heterocycles. The number of thiocarbonyl (C=S) groups is 1. The number of hydrogen-bond acceptors (Lipinski definition) is 2. The molecule has 0 heterocycles. The summed E-state index contributed by atoms with van der Waals surface area (Å²) in [5.41, 5.74) is 9.86. The molecule has 0 aliphatic rings. The van der Waals surface area contributed by atoms with E-state index in [1.54, 1.807) is 0 Å². The second-order valence-electron chi connectivity index (χ2n) is 3.13. The van der Waals surface area contributed by atoms with Gasteiger partial charge in [0, 0.05) is 6.92 Å². The monoisotopic (exact) mass is 223 g/mol. The second-order valence-corrected chi connectivity index (χ2v) is 3.55. The number of anilines is 1. The number of hydrogen-bond donors (Lipinski definition) is 2. The molecule has 0 radical (unpaired) electrons. The van der Waals surface area contributed by atoms with Crippen LogP contribution < -0.4 is 16.2 Å². The molecule has 0 atom stereocenters. The molecule has 1 amide bonds. The Hall–Kier alpha value is -1.62. The molecule has 1 aromatic carbocycles. The molecule has 4 nitrogen and oxygen atoms in total. The van der Waals surface area contributed by atoms with Gasteiger partial charge in [-0.1, -0.05) is 18.2 Å². The van der Waals surface area contributed by atoms with Crippen LogP contribution in [0.25, 0.3) is 0 Å². The van der Waals surface area contributed by atoms with Crippen molar-refractivity contribution >= 4 is 28.9 Å². The molecule has 80 valence electrons. The van der Waals surface area contributed by atoms with Gasteiger partial charge in [-0.25, -0.2) is 5.01 Å². The highest BCUT2D eigenvalue weighted by molar-refractivity contribution is 7.80. The van der Waals surface area contributed by atoms with Gasteiger partial charge >= 0.3 is 0 Å². The van der Waals surface area contributed by atoms with Crippen LogP contribution in [0.5, 0.6) is 0 Å². The van der Waals surface area contributed by atoms with Crippen LogP contribution in [0.1, 0.15) is 12.5 Å². The molecule has 1 aromatic rings. The Bertz CT molecular complexity index is 392. The van der Waals surface area contributed by atoms with Crippen LogP contribution in [0.4, 0.5) is 5.69 Å². The molecule has 0 unspecified atom stereocenters. The van der Waals surface area contributed by atoms with E-state index in [0.29, 0.717) is 0 Å². The van der Waals surface area contributed by atoms with Gasteiger partial charge in [0.15, 0.2) is 5.11 Å². The normalized spacial score (nSPS) is 9.47. The second kappa shape index (κ2) is 4.75.